The molecule has 1 aliphatic carbocycles. The first-order valence-corrected chi connectivity index (χ1v) is 10.4. The Balaban J connectivity index is 1.45. The third kappa shape index (κ3) is 4.19. The van der Waals surface area contributed by atoms with Crippen molar-refractivity contribution in [2.75, 3.05) is 39.8 Å². The summed E-state index contributed by atoms with van der Waals surface area (Å²) >= 11 is 0. The van der Waals surface area contributed by atoms with Crippen LogP contribution in [0, 0.1) is 18.7 Å². The number of carbonyl (C=O) groups is 1. The Morgan fingerprint density at radius 3 is 2.74 bits per heavy atom. The number of carbonyl (C=O) groups excluding carboxylic acids is 1. The van der Waals surface area contributed by atoms with Crippen LogP contribution in [-0.4, -0.2) is 65.9 Å². The first-order chi connectivity index (χ1) is 12.9. The Labute approximate surface area is 162 Å². The highest BCUT2D eigenvalue weighted by Crippen LogP contribution is 2.35. The van der Waals surface area contributed by atoms with Crippen molar-refractivity contribution in [3.63, 3.8) is 0 Å². The maximum Gasteiger partial charge on any atom is 0.222 e. The second kappa shape index (κ2) is 7.51. The predicted molar refractivity (Wildman–Crippen MR) is 105 cm³/mol. The minimum atomic E-state index is -0.163. The van der Waals surface area contributed by atoms with Gasteiger partial charge in [0, 0.05) is 51.2 Å². The first-order valence-electron chi connectivity index (χ1n) is 10.4. The van der Waals surface area contributed by atoms with Crippen LogP contribution in [0.1, 0.15) is 43.2 Å². The number of nitrogens with zero attached hydrogens (tertiary/aromatic N) is 3. The smallest absolute Gasteiger partial charge is 0.222 e. The van der Waals surface area contributed by atoms with Crippen LogP contribution in [0.25, 0.3) is 0 Å². The number of aryl methyl sites for hydroxylation is 1. The van der Waals surface area contributed by atoms with Gasteiger partial charge in [-0.3, -0.25) is 14.6 Å². The van der Waals surface area contributed by atoms with Gasteiger partial charge in [-0.25, -0.2) is 4.39 Å². The fourth-order valence-corrected chi connectivity index (χ4v) is 4.79. The molecule has 5 heteroatoms. The quantitative estimate of drug-likeness (QED) is 0.812. The van der Waals surface area contributed by atoms with Crippen LogP contribution in [0.5, 0.6) is 0 Å². The van der Waals surface area contributed by atoms with Crippen molar-refractivity contribution >= 4 is 5.91 Å². The van der Waals surface area contributed by atoms with Gasteiger partial charge in [0.25, 0.3) is 0 Å². The molecule has 1 atom stereocenters. The van der Waals surface area contributed by atoms with Gasteiger partial charge in [0.1, 0.15) is 5.82 Å². The van der Waals surface area contributed by atoms with Crippen LogP contribution in [0.2, 0.25) is 0 Å². The van der Waals surface area contributed by atoms with E-state index in [1.54, 1.807) is 12.1 Å². The number of likely N-dealkylation sites (N-methyl/N-ethyl adjacent to an activating group) is 1. The van der Waals surface area contributed by atoms with Crippen molar-refractivity contribution in [2.24, 2.45) is 5.92 Å². The van der Waals surface area contributed by atoms with Crippen molar-refractivity contribution in [1.82, 2.24) is 14.7 Å². The van der Waals surface area contributed by atoms with E-state index < -0.39 is 0 Å². The molecule has 0 aromatic heterocycles. The van der Waals surface area contributed by atoms with Crippen LogP contribution in [0.4, 0.5) is 4.39 Å². The van der Waals surface area contributed by atoms with Crippen LogP contribution in [0.15, 0.2) is 18.2 Å². The van der Waals surface area contributed by atoms with E-state index in [4.69, 9.17) is 0 Å². The lowest BCUT2D eigenvalue weighted by Gasteiger charge is -2.49. The van der Waals surface area contributed by atoms with Crippen molar-refractivity contribution in [3.8, 4) is 0 Å². The highest BCUT2D eigenvalue weighted by molar-refractivity contribution is 5.76. The Morgan fingerprint density at radius 1 is 1.19 bits per heavy atom. The molecule has 27 heavy (non-hydrogen) atoms. The highest BCUT2D eigenvalue weighted by atomic mass is 19.1. The fourth-order valence-electron chi connectivity index (χ4n) is 4.79. The lowest BCUT2D eigenvalue weighted by molar-refractivity contribution is -0.131. The Bertz CT molecular complexity index is 705. The zero-order valence-electron chi connectivity index (χ0n) is 16.7. The number of benzene rings is 1. The van der Waals surface area contributed by atoms with Gasteiger partial charge in [0.2, 0.25) is 5.91 Å². The number of hydrogen-bond acceptors (Lipinski definition) is 3. The Kier molecular flexibility index (Phi) is 5.26. The van der Waals surface area contributed by atoms with E-state index in [0.717, 1.165) is 63.6 Å². The van der Waals surface area contributed by atoms with Crippen LogP contribution >= 0.6 is 0 Å². The van der Waals surface area contributed by atoms with Gasteiger partial charge in [-0.2, -0.15) is 0 Å². The molecule has 1 amide bonds. The number of amides is 1. The van der Waals surface area contributed by atoms with Crippen LogP contribution in [0.3, 0.4) is 0 Å². The fraction of sp³-hybridized carbons (Fsp3) is 0.682. The second-order valence-corrected chi connectivity index (χ2v) is 8.96. The average molecular weight is 374 g/mol. The molecule has 0 bridgehead atoms. The molecule has 3 aliphatic rings. The number of piperazine rings is 1. The minimum absolute atomic E-state index is 0.0835. The minimum Gasteiger partial charge on any atom is -0.342 e. The molecule has 1 aromatic rings. The lowest BCUT2D eigenvalue weighted by Crippen LogP contribution is -2.60. The summed E-state index contributed by atoms with van der Waals surface area (Å²) in [5, 5.41) is 0. The van der Waals surface area contributed by atoms with Gasteiger partial charge in [-0.1, -0.05) is 6.07 Å². The summed E-state index contributed by atoms with van der Waals surface area (Å²) in [6.45, 7) is 7.75. The maximum atomic E-state index is 13.4. The van der Waals surface area contributed by atoms with E-state index in [9.17, 15) is 9.18 Å². The summed E-state index contributed by atoms with van der Waals surface area (Å²) in [6.07, 6.45) is 5.25. The molecule has 4 rings (SSSR count). The molecule has 2 saturated heterocycles. The molecule has 1 saturated carbocycles. The van der Waals surface area contributed by atoms with E-state index >= 15 is 0 Å². The number of hydrogen-bond donors (Lipinski definition) is 0. The number of likely N-dealkylation sites (tertiary alicyclic amines) is 1. The van der Waals surface area contributed by atoms with E-state index in [-0.39, 0.29) is 11.4 Å². The van der Waals surface area contributed by atoms with Crippen LogP contribution in [-0.2, 0) is 11.3 Å². The monoisotopic (exact) mass is 373 g/mol. The van der Waals surface area contributed by atoms with E-state index in [0.29, 0.717) is 12.3 Å². The number of halogens is 1. The van der Waals surface area contributed by atoms with Gasteiger partial charge in [-0.05, 0) is 68.8 Å². The molecule has 0 radical (unpaired) electrons. The normalized spacial score (nSPS) is 28.0. The SMILES string of the molecule is Cc1cc(F)ccc1CN1CCN(C)C2(CCC(=O)N(CC3CC3)CC2)C1. The Hall–Kier alpha value is -1.46. The van der Waals surface area contributed by atoms with E-state index in [1.165, 1.54) is 18.4 Å². The molecule has 2 heterocycles. The molecular weight excluding hydrogens is 341 g/mol. The summed E-state index contributed by atoms with van der Waals surface area (Å²) in [6, 6.07) is 5.11. The largest absolute Gasteiger partial charge is 0.342 e. The molecular formula is C22H32FN3O. The summed E-state index contributed by atoms with van der Waals surface area (Å²) in [7, 11) is 2.22. The van der Waals surface area contributed by atoms with Gasteiger partial charge in [0.15, 0.2) is 0 Å². The van der Waals surface area contributed by atoms with Crippen molar-refractivity contribution in [2.45, 2.75) is 51.1 Å². The summed E-state index contributed by atoms with van der Waals surface area (Å²) in [4.78, 5) is 19.7. The van der Waals surface area contributed by atoms with Crippen molar-refractivity contribution in [1.29, 1.82) is 0 Å². The average Bonchev–Trinajstić information content (AvgIpc) is 3.46. The lowest BCUT2D eigenvalue weighted by atomic mass is 9.86. The van der Waals surface area contributed by atoms with E-state index in [2.05, 4.69) is 21.7 Å². The molecule has 148 valence electrons. The molecule has 3 fully saturated rings. The Morgan fingerprint density at radius 2 is 2.00 bits per heavy atom. The number of rotatable bonds is 4. The van der Waals surface area contributed by atoms with Crippen molar-refractivity contribution in [3.05, 3.63) is 35.1 Å². The van der Waals surface area contributed by atoms with Crippen molar-refractivity contribution < 1.29 is 9.18 Å². The molecule has 1 unspecified atom stereocenters. The van der Waals surface area contributed by atoms with E-state index in [1.807, 2.05) is 13.0 Å². The predicted octanol–water partition coefficient (Wildman–Crippen LogP) is 3.04. The first kappa shape index (κ1) is 18.9. The standard InChI is InChI=1S/C22H32FN3O/c1-17-13-20(23)6-5-19(17)15-25-12-11-24(2)22(16-25)8-7-21(27)26(10-9-22)14-18-3-4-18/h5-6,13,18H,3-4,7-12,14-16H2,1-2H3. The van der Waals surface area contributed by atoms with Gasteiger partial charge < -0.3 is 4.90 Å². The summed E-state index contributed by atoms with van der Waals surface area (Å²) in [5.41, 5.74) is 2.31. The zero-order valence-corrected chi connectivity index (χ0v) is 16.7. The molecule has 4 nitrogen and oxygen atoms in total. The molecule has 1 spiro atoms. The zero-order chi connectivity index (χ0) is 19.0. The third-order valence-corrected chi connectivity index (χ3v) is 6.96. The second-order valence-electron chi connectivity index (χ2n) is 8.96. The summed E-state index contributed by atoms with van der Waals surface area (Å²) in [5.74, 6) is 0.938. The third-order valence-electron chi connectivity index (χ3n) is 6.96. The van der Waals surface area contributed by atoms with Crippen LogP contribution < -0.4 is 0 Å². The highest BCUT2D eigenvalue weighted by Gasteiger charge is 2.42. The molecule has 1 aromatic carbocycles. The van der Waals surface area contributed by atoms with Gasteiger partial charge in [-0.15, -0.1) is 0 Å². The molecule has 0 N–H and O–H groups in total. The molecule has 2 aliphatic heterocycles. The van der Waals surface area contributed by atoms with Gasteiger partial charge in [0.05, 0.1) is 0 Å². The topological polar surface area (TPSA) is 26.8 Å². The summed E-state index contributed by atoms with van der Waals surface area (Å²) < 4.78 is 13.4. The van der Waals surface area contributed by atoms with Gasteiger partial charge >= 0.3 is 0 Å². The maximum absolute atomic E-state index is 13.4.